The van der Waals surface area contributed by atoms with Gasteiger partial charge >= 0.3 is 0 Å². The van der Waals surface area contributed by atoms with E-state index in [1.807, 2.05) is 25.1 Å². The highest BCUT2D eigenvalue weighted by Crippen LogP contribution is 2.23. The van der Waals surface area contributed by atoms with Gasteiger partial charge in [-0.25, -0.2) is 0 Å². The zero-order valence-corrected chi connectivity index (χ0v) is 13.8. The Morgan fingerprint density at radius 1 is 1.18 bits per heavy atom. The van der Waals surface area contributed by atoms with Gasteiger partial charge in [-0.2, -0.15) is 0 Å². The maximum atomic E-state index is 12.0. The first-order valence-electron chi connectivity index (χ1n) is 7.21. The number of nitrogens with one attached hydrogen (secondary N) is 1. The Morgan fingerprint density at radius 2 is 1.91 bits per heavy atom. The van der Waals surface area contributed by atoms with E-state index in [0.717, 1.165) is 5.56 Å². The summed E-state index contributed by atoms with van der Waals surface area (Å²) in [6.45, 7) is 6.03. The summed E-state index contributed by atoms with van der Waals surface area (Å²) < 4.78 is 5.43. The Morgan fingerprint density at radius 3 is 2.59 bits per heavy atom. The number of amides is 1. The van der Waals surface area contributed by atoms with Crippen LogP contribution in [0.1, 0.15) is 29.7 Å². The lowest BCUT2D eigenvalue weighted by Crippen LogP contribution is -2.31. The summed E-state index contributed by atoms with van der Waals surface area (Å²) in [5, 5.41) is 3.42. The molecule has 22 heavy (non-hydrogen) atoms. The molecule has 4 heteroatoms. The molecular weight excluding hydrogens is 298 g/mol. The molecule has 1 N–H and O–H groups in total. The molecule has 0 aliphatic rings. The molecule has 0 radical (unpaired) electrons. The molecule has 1 atom stereocenters. The summed E-state index contributed by atoms with van der Waals surface area (Å²) in [7, 11) is 0. The first kappa shape index (κ1) is 16.4. The molecule has 1 amide bonds. The SMILES string of the molecule is Cc1ccc([C@@H](C)NC(=O)COc2ccccc2Cl)cc1C. The summed E-state index contributed by atoms with van der Waals surface area (Å²) in [5.41, 5.74) is 3.53. The molecule has 2 aromatic carbocycles. The number of carbonyl (C=O) groups excluding carboxylic acids is 1. The van der Waals surface area contributed by atoms with Crippen molar-refractivity contribution in [2.24, 2.45) is 0 Å². The van der Waals surface area contributed by atoms with Gasteiger partial charge in [0.05, 0.1) is 11.1 Å². The first-order valence-corrected chi connectivity index (χ1v) is 7.59. The van der Waals surface area contributed by atoms with Crippen molar-refractivity contribution in [1.29, 1.82) is 0 Å². The number of benzene rings is 2. The maximum Gasteiger partial charge on any atom is 0.258 e. The maximum absolute atomic E-state index is 12.0. The number of rotatable bonds is 5. The molecule has 0 spiro atoms. The highest BCUT2D eigenvalue weighted by Gasteiger charge is 2.11. The van der Waals surface area contributed by atoms with Crippen LogP contribution in [0.15, 0.2) is 42.5 Å². The minimum atomic E-state index is -0.175. The summed E-state index contributed by atoms with van der Waals surface area (Å²) in [6.07, 6.45) is 0. The zero-order valence-electron chi connectivity index (χ0n) is 13.0. The monoisotopic (exact) mass is 317 g/mol. The molecule has 2 rings (SSSR count). The highest BCUT2D eigenvalue weighted by atomic mass is 35.5. The molecule has 0 bridgehead atoms. The Bertz CT molecular complexity index is 670. The van der Waals surface area contributed by atoms with E-state index in [1.54, 1.807) is 12.1 Å². The Hall–Kier alpha value is -2.00. The van der Waals surface area contributed by atoms with Crippen LogP contribution in [-0.4, -0.2) is 12.5 Å². The van der Waals surface area contributed by atoms with Crippen LogP contribution in [0.3, 0.4) is 0 Å². The average Bonchev–Trinajstić information content (AvgIpc) is 2.49. The highest BCUT2D eigenvalue weighted by molar-refractivity contribution is 6.32. The molecule has 0 aromatic heterocycles. The van der Waals surface area contributed by atoms with Crippen LogP contribution in [0.5, 0.6) is 5.75 Å². The second kappa shape index (κ2) is 7.32. The van der Waals surface area contributed by atoms with Crippen molar-refractivity contribution in [3.8, 4) is 5.75 Å². The van der Waals surface area contributed by atoms with Crippen molar-refractivity contribution in [2.45, 2.75) is 26.8 Å². The lowest BCUT2D eigenvalue weighted by molar-refractivity contribution is -0.123. The second-order valence-electron chi connectivity index (χ2n) is 5.35. The minimum Gasteiger partial charge on any atom is -0.482 e. The summed E-state index contributed by atoms with van der Waals surface area (Å²) in [4.78, 5) is 12.0. The van der Waals surface area contributed by atoms with Crippen molar-refractivity contribution in [3.63, 3.8) is 0 Å². The molecule has 116 valence electrons. The molecule has 0 unspecified atom stereocenters. The van der Waals surface area contributed by atoms with Crippen LogP contribution in [0, 0.1) is 13.8 Å². The first-order chi connectivity index (χ1) is 10.5. The molecule has 2 aromatic rings. The van der Waals surface area contributed by atoms with Gasteiger partial charge in [0.15, 0.2) is 6.61 Å². The van der Waals surface area contributed by atoms with Crippen LogP contribution < -0.4 is 10.1 Å². The van der Waals surface area contributed by atoms with Gasteiger partial charge in [-0.3, -0.25) is 4.79 Å². The smallest absolute Gasteiger partial charge is 0.258 e. The topological polar surface area (TPSA) is 38.3 Å². The fourth-order valence-corrected chi connectivity index (χ4v) is 2.30. The Kier molecular flexibility index (Phi) is 5.45. The third kappa shape index (κ3) is 4.25. The van der Waals surface area contributed by atoms with Crippen LogP contribution in [0.2, 0.25) is 5.02 Å². The number of ether oxygens (including phenoxy) is 1. The van der Waals surface area contributed by atoms with Crippen molar-refractivity contribution >= 4 is 17.5 Å². The van der Waals surface area contributed by atoms with Gasteiger partial charge in [-0.1, -0.05) is 41.9 Å². The van der Waals surface area contributed by atoms with E-state index in [9.17, 15) is 4.79 Å². The van der Waals surface area contributed by atoms with Crippen molar-refractivity contribution in [3.05, 3.63) is 64.2 Å². The standard InChI is InChI=1S/C18H20ClNO2/c1-12-8-9-15(10-13(12)2)14(3)20-18(21)11-22-17-7-5-4-6-16(17)19/h4-10,14H,11H2,1-3H3,(H,20,21)/t14-/m1/s1. The number of para-hydroxylation sites is 1. The van der Waals surface area contributed by atoms with Crippen LogP contribution in [0.25, 0.3) is 0 Å². The molecule has 0 aliphatic carbocycles. The number of carbonyl (C=O) groups is 1. The van der Waals surface area contributed by atoms with Gasteiger partial charge in [0.2, 0.25) is 0 Å². The van der Waals surface area contributed by atoms with Gasteiger partial charge in [-0.05, 0) is 49.6 Å². The number of aryl methyl sites for hydroxylation is 2. The van der Waals surface area contributed by atoms with Gasteiger partial charge < -0.3 is 10.1 Å². The molecular formula is C18H20ClNO2. The van der Waals surface area contributed by atoms with Crippen LogP contribution >= 0.6 is 11.6 Å². The predicted octanol–water partition coefficient (Wildman–Crippen LogP) is 4.21. The molecule has 0 saturated carbocycles. The largest absolute Gasteiger partial charge is 0.482 e. The summed E-state index contributed by atoms with van der Waals surface area (Å²) >= 11 is 5.98. The fraction of sp³-hybridized carbons (Fsp3) is 0.278. The quantitative estimate of drug-likeness (QED) is 0.897. The molecule has 3 nitrogen and oxygen atoms in total. The third-order valence-corrected chi connectivity index (χ3v) is 3.92. The second-order valence-corrected chi connectivity index (χ2v) is 5.76. The molecule has 0 saturated heterocycles. The number of hydrogen-bond donors (Lipinski definition) is 1. The fourth-order valence-electron chi connectivity index (χ4n) is 2.11. The Labute approximate surface area is 136 Å². The van der Waals surface area contributed by atoms with E-state index in [0.29, 0.717) is 10.8 Å². The van der Waals surface area contributed by atoms with E-state index < -0.39 is 0 Å². The van der Waals surface area contributed by atoms with Crippen molar-refractivity contribution in [1.82, 2.24) is 5.32 Å². The van der Waals surface area contributed by atoms with E-state index in [4.69, 9.17) is 16.3 Å². The van der Waals surface area contributed by atoms with Gasteiger partial charge in [-0.15, -0.1) is 0 Å². The molecule has 0 aliphatic heterocycles. The van der Waals surface area contributed by atoms with Crippen LogP contribution in [0.4, 0.5) is 0 Å². The lowest BCUT2D eigenvalue weighted by atomic mass is 10.0. The van der Waals surface area contributed by atoms with Crippen LogP contribution in [-0.2, 0) is 4.79 Å². The van der Waals surface area contributed by atoms with Gasteiger partial charge in [0, 0.05) is 0 Å². The minimum absolute atomic E-state index is 0.0566. The normalized spacial score (nSPS) is 11.8. The van der Waals surface area contributed by atoms with Crippen molar-refractivity contribution < 1.29 is 9.53 Å². The van der Waals surface area contributed by atoms with E-state index in [-0.39, 0.29) is 18.6 Å². The van der Waals surface area contributed by atoms with E-state index in [1.165, 1.54) is 11.1 Å². The van der Waals surface area contributed by atoms with Gasteiger partial charge in [0.25, 0.3) is 5.91 Å². The zero-order chi connectivity index (χ0) is 16.1. The number of hydrogen-bond acceptors (Lipinski definition) is 2. The van der Waals surface area contributed by atoms with Crippen molar-refractivity contribution in [2.75, 3.05) is 6.61 Å². The molecule has 0 fully saturated rings. The average molecular weight is 318 g/mol. The summed E-state index contributed by atoms with van der Waals surface area (Å²) in [6, 6.07) is 13.2. The predicted molar refractivity (Wildman–Crippen MR) is 89.4 cm³/mol. The van der Waals surface area contributed by atoms with E-state index >= 15 is 0 Å². The van der Waals surface area contributed by atoms with E-state index in [2.05, 4.69) is 31.3 Å². The Balaban J connectivity index is 1.91. The lowest BCUT2D eigenvalue weighted by Gasteiger charge is -2.16. The third-order valence-electron chi connectivity index (χ3n) is 3.60. The van der Waals surface area contributed by atoms with Gasteiger partial charge in [0.1, 0.15) is 5.75 Å². The summed E-state index contributed by atoms with van der Waals surface area (Å²) in [5.74, 6) is 0.337. The number of halogens is 1. The molecule has 0 heterocycles.